The minimum absolute atomic E-state index is 0.621. The molecule has 0 spiro atoms. The molecule has 1 heterocycles. The molecule has 0 aliphatic heterocycles. The van der Waals surface area contributed by atoms with Gasteiger partial charge in [-0.3, -0.25) is 0 Å². The molecule has 1 aromatic heterocycles. The van der Waals surface area contributed by atoms with Crippen molar-refractivity contribution in [1.82, 2.24) is 5.32 Å². The van der Waals surface area contributed by atoms with Gasteiger partial charge >= 0.3 is 0 Å². The molecule has 0 unspecified atom stereocenters. The third kappa shape index (κ3) is 4.89. The van der Waals surface area contributed by atoms with Crippen LogP contribution < -0.4 is 5.32 Å². The molecular formula is C18H31NS. The molecule has 1 saturated carbocycles. The summed E-state index contributed by atoms with van der Waals surface area (Å²) < 4.78 is 0. The van der Waals surface area contributed by atoms with Crippen LogP contribution in [0.4, 0.5) is 0 Å². The number of rotatable bonds is 7. The maximum atomic E-state index is 3.62. The van der Waals surface area contributed by atoms with Crippen molar-refractivity contribution in [3.05, 3.63) is 21.9 Å². The van der Waals surface area contributed by atoms with Crippen molar-refractivity contribution in [3.63, 3.8) is 0 Å². The van der Waals surface area contributed by atoms with Gasteiger partial charge in [-0.05, 0) is 63.1 Å². The first kappa shape index (κ1) is 16.0. The first-order valence-corrected chi connectivity index (χ1v) is 9.20. The Labute approximate surface area is 129 Å². The Hall–Kier alpha value is -0.340. The topological polar surface area (TPSA) is 12.0 Å². The van der Waals surface area contributed by atoms with Crippen LogP contribution in [-0.4, -0.2) is 12.6 Å². The first-order valence-electron chi connectivity index (χ1n) is 8.38. The first-order chi connectivity index (χ1) is 9.60. The highest BCUT2D eigenvalue weighted by atomic mass is 32.1. The number of aryl methyl sites for hydroxylation is 2. The molecule has 1 fully saturated rings. The molecule has 0 saturated heterocycles. The van der Waals surface area contributed by atoms with E-state index in [1.807, 2.05) is 11.3 Å². The van der Waals surface area contributed by atoms with Crippen LogP contribution in [0.2, 0.25) is 0 Å². The Morgan fingerprint density at radius 3 is 2.50 bits per heavy atom. The molecule has 0 radical (unpaired) electrons. The van der Waals surface area contributed by atoms with Gasteiger partial charge in [0.1, 0.15) is 0 Å². The molecule has 1 aliphatic carbocycles. The summed E-state index contributed by atoms with van der Waals surface area (Å²) in [5.41, 5.74) is 0.623. The predicted octanol–water partition coefficient (Wildman–Crippen LogP) is 5.33. The van der Waals surface area contributed by atoms with Crippen molar-refractivity contribution in [3.8, 4) is 0 Å². The van der Waals surface area contributed by atoms with Gasteiger partial charge in [-0.25, -0.2) is 0 Å². The lowest BCUT2D eigenvalue weighted by molar-refractivity contribution is 0.156. The number of hydrogen-bond acceptors (Lipinski definition) is 2. The molecule has 1 aromatic rings. The van der Waals surface area contributed by atoms with E-state index in [-0.39, 0.29) is 0 Å². The van der Waals surface area contributed by atoms with Gasteiger partial charge < -0.3 is 5.32 Å². The largest absolute Gasteiger partial charge is 0.315 e. The van der Waals surface area contributed by atoms with Gasteiger partial charge in [-0.15, -0.1) is 11.3 Å². The van der Waals surface area contributed by atoms with Crippen molar-refractivity contribution in [2.45, 2.75) is 78.2 Å². The van der Waals surface area contributed by atoms with Crippen LogP contribution in [0.25, 0.3) is 0 Å². The summed E-state index contributed by atoms with van der Waals surface area (Å²) in [6, 6.07) is 5.23. The Morgan fingerprint density at radius 1 is 1.15 bits per heavy atom. The summed E-state index contributed by atoms with van der Waals surface area (Å²) in [6.45, 7) is 7.92. The second-order valence-electron chi connectivity index (χ2n) is 6.93. The lowest BCUT2D eigenvalue weighted by Gasteiger charge is -2.38. The highest BCUT2D eigenvalue weighted by Crippen LogP contribution is 2.43. The standard InChI is InChI=1S/C18H31NS/c1-15(2)19-14-13-18(10-5-4-6-11-18)12-9-17-8-7-16(3)20-17/h7-8,15,19H,4-6,9-14H2,1-3H3. The van der Waals surface area contributed by atoms with Gasteiger partial charge in [0.15, 0.2) is 0 Å². The summed E-state index contributed by atoms with van der Waals surface area (Å²) in [5, 5.41) is 3.62. The van der Waals surface area contributed by atoms with Gasteiger partial charge in [0.2, 0.25) is 0 Å². The molecule has 20 heavy (non-hydrogen) atoms. The lowest BCUT2D eigenvalue weighted by atomic mass is 9.69. The van der Waals surface area contributed by atoms with E-state index in [9.17, 15) is 0 Å². The number of thiophene rings is 1. The van der Waals surface area contributed by atoms with Crippen LogP contribution >= 0.6 is 11.3 Å². The zero-order valence-corrected chi connectivity index (χ0v) is 14.3. The quantitative estimate of drug-likeness (QED) is 0.716. The zero-order valence-electron chi connectivity index (χ0n) is 13.5. The van der Waals surface area contributed by atoms with E-state index in [1.54, 1.807) is 4.88 Å². The van der Waals surface area contributed by atoms with E-state index < -0.39 is 0 Å². The molecule has 1 N–H and O–H groups in total. The van der Waals surface area contributed by atoms with Gasteiger partial charge in [-0.2, -0.15) is 0 Å². The average molecular weight is 294 g/mol. The monoisotopic (exact) mass is 293 g/mol. The second kappa shape index (κ2) is 7.61. The molecule has 114 valence electrons. The van der Waals surface area contributed by atoms with Crippen molar-refractivity contribution in [2.24, 2.45) is 5.41 Å². The van der Waals surface area contributed by atoms with Crippen LogP contribution in [0, 0.1) is 12.3 Å². The zero-order chi connectivity index (χ0) is 14.4. The fourth-order valence-corrected chi connectivity index (χ4v) is 4.45. The maximum Gasteiger partial charge on any atom is 0.00482 e. The van der Waals surface area contributed by atoms with Crippen molar-refractivity contribution in [2.75, 3.05) is 6.54 Å². The van der Waals surface area contributed by atoms with Gasteiger partial charge in [-0.1, -0.05) is 33.1 Å². The van der Waals surface area contributed by atoms with E-state index in [4.69, 9.17) is 0 Å². The van der Waals surface area contributed by atoms with Crippen LogP contribution in [0.15, 0.2) is 12.1 Å². The van der Waals surface area contributed by atoms with Crippen molar-refractivity contribution >= 4 is 11.3 Å². The molecule has 2 heteroatoms. The Morgan fingerprint density at radius 2 is 1.90 bits per heavy atom. The number of nitrogens with one attached hydrogen (secondary N) is 1. The molecular weight excluding hydrogens is 262 g/mol. The summed E-state index contributed by atoms with van der Waals surface area (Å²) in [4.78, 5) is 3.04. The molecule has 2 rings (SSSR count). The van der Waals surface area contributed by atoms with E-state index in [2.05, 4.69) is 38.2 Å². The normalized spacial score (nSPS) is 18.6. The van der Waals surface area contributed by atoms with Gasteiger partial charge in [0.05, 0.1) is 0 Å². The third-order valence-corrected chi connectivity index (χ3v) is 5.88. The average Bonchev–Trinajstić information content (AvgIpc) is 2.83. The lowest BCUT2D eigenvalue weighted by Crippen LogP contribution is -2.32. The molecule has 0 bridgehead atoms. The second-order valence-corrected chi connectivity index (χ2v) is 8.30. The molecule has 1 aliphatic rings. The van der Waals surface area contributed by atoms with Crippen molar-refractivity contribution in [1.29, 1.82) is 0 Å². The third-order valence-electron chi connectivity index (χ3n) is 4.82. The van der Waals surface area contributed by atoms with E-state index in [1.165, 1.54) is 62.8 Å². The summed E-state index contributed by atoms with van der Waals surface area (Å²) in [7, 11) is 0. The van der Waals surface area contributed by atoms with Crippen LogP contribution in [-0.2, 0) is 6.42 Å². The smallest absolute Gasteiger partial charge is 0.00482 e. The predicted molar refractivity (Wildman–Crippen MR) is 90.7 cm³/mol. The molecule has 0 amide bonds. The fraction of sp³-hybridized carbons (Fsp3) is 0.778. The van der Waals surface area contributed by atoms with Crippen molar-refractivity contribution < 1.29 is 0 Å². The van der Waals surface area contributed by atoms with E-state index >= 15 is 0 Å². The Kier molecular flexibility index (Phi) is 6.10. The van der Waals surface area contributed by atoms with E-state index in [0.29, 0.717) is 11.5 Å². The fourth-order valence-electron chi connectivity index (χ4n) is 3.56. The summed E-state index contributed by atoms with van der Waals surface area (Å²) in [5.74, 6) is 0. The minimum Gasteiger partial charge on any atom is -0.315 e. The Bertz CT molecular complexity index is 388. The van der Waals surface area contributed by atoms with Crippen LogP contribution in [0.3, 0.4) is 0 Å². The van der Waals surface area contributed by atoms with Gasteiger partial charge in [0.25, 0.3) is 0 Å². The number of hydrogen-bond donors (Lipinski definition) is 1. The Balaban J connectivity index is 1.88. The van der Waals surface area contributed by atoms with E-state index in [0.717, 1.165) is 0 Å². The SMILES string of the molecule is Cc1ccc(CCC2(CCNC(C)C)CCCCC2)s1. The highest BCUT2D eigenvalue weighted by Gasteiger charge is 2.31. The minimum atomic E-state index is 0.621. The maximum absolute atomic E-state index is 3.62. The molecule has 0 aromatic carbocycles. The van der Waals surface area contributed by atoms with Gasteiger partial charge in [0, 0.05) is 15.8 Å². The summed E-state index contributed by atoms with van der Waals surface area (Å²) in [6.07, 6.45) is 11.3. The summed E-state index contributed by atoms with van der Waals surface area (Å²) >= 11 is 1.99. The molecule has 1 nitrogen and oxygen atoms in total. The highest BCUT2D eigenvalue weighted by molar-refractivity contribution is 7.11. The van der Waals surface area contributed by atoms with Crippen LogP contribution in [0.1, 0.15) is 68.5 Å². The van der Waals surface area contributed by atoms with Crippen LogP contribution in [0.5, 0.6) is 0 Å². The molecule has 0 atom stereocenters.